The van der Waals surface area contributed by atoms with Crippen molar-refractivity contribution < 1.29 is 8.63 Å². The van der Waals surface area contributed by atoms with E-state index in [1.165, 1.54) is 0 Å². The molecule has 0 aliphatic carbocycles. The van der Waals surface area contributed by atoms with Gasteiger partial charge in [0.1, 0.15) is 0 Å². The van der Waals surface area contributed by atoms with Crippen LogP contribution >= 0.6 is 0 Å². The lowest BCUT2D eigenvalue weighted by molar-refractivity contribution is 0.500. The Kier molecular flexibility index (Phi) is 5.41. The number of hydrogen-bond donors (Lipinski definition) is 2. The molecule has 2 atom stereocenters. The number of nitrogens with zero attached hydrogens (tertiary/aromatic N) is 2. The molecule has 0 amide bonds. The van der Waals surface area contributed by atoms with Crippen LogP contribution in [0.2, 0.25) is 0 Å². The lowest BCUT2D eigenvalue weighted by Crippen LogP contribution is -2.18. The molecule has 0 saturated carbocycles. The van der Waals surface area contributed by atoms with E-state index in [-0.39, 0.29) is 6.04 Å². The van der Waals surface area contributed by atoms with Gasteiger partial charge >= 0.3 is 6.01 Å². The van der Waals surface area contributed by atoms with Crippen LogP contribution in [0.3, 0.4) is 0 Å². The third kappa shape index (κ3) is 4.71. The first-order chi connectivity index (χ1) is 7.61. The fourth-order valence-electron chi connectivity index (χ4n) is 1.16. The summed E-state index contributed by atoms with van der Waals surface area (Å²) in [7, 11) is -0.765. The summed E-state index contributed by atoms with van der Waals surface area (Å²) >= 11 is 0. The summed E-state index contributed by atoms with van der Waals surface area (Å²) in [5, 5.41) is 10.7. The van der Waals surface area contributed by atoms with Crippen molar-refractivity contribution in [2.45, 2.75) is 25.8 Å². The van der Waals surface area contributed by atoms with Crippen LogP contribution in [0.15, 0.2) is 4.42 Å². The van der Waals surface area contributed by atoms with Gasteiger partial charge in [0, 0.05) is 41.8 Å². The van der Waals surface area contributed by atoms with E-state index >= 15 is 0 Å². The number of anilines is 1. The molecule has 0 radical (unpaired) electrons. The van der Waals surface area contributed by atoms with Crippen LogP contribution in [0, 0.1) is 0 Å². The Hall–Kier alpha value is -0.950. The SMILES string of the molecule is CC(CCS(C)=O)Nc1nnc(CCN)o1. The molecule has 0 aliphatic rings. The minimum absolute atomic E-state index is 0.162. The highest BCUT2D eigenvalue weighted by Gasteiger charge is 2.09. The molecule has 0 aliphatic heterocycles. The molecule has 0 saturated heterocycles. The number of nitrogens with two attached hydrogens (primary N) is 1. The second kappa shape index (κ2) is 6.59. The maximum absolute atomic E-state index is 10.9. The second-order valence-corrected chi connectivity index (χ2v) is 5.21. The Morgan fingerprint density at radius 2 is 2.31 bits per heavy atom. The quantitative estimate of drug-likeness (QED) is 0.710. The summed E-state index contributed by atoms with van der Waals surface area (Å²) in [4.78, 5) is 0. The lowest BCUT2D eigenvalue weighted by Gasteiger charge is -2.09. The van der Waals surface area contributed by atoms with E-state index in [1.54, 1.807) is 6.26 Å². The van der Waals surface area contributed by atoms with Gasteiger partial charge in [0.15, 0.2) is 0 Å². The van der Waals surface area contributed by atoms with Crippen LogP contribution in [0.4, 0.5) is 6.01 Å². The van der Waals surface area contributed by atoms with E-state index in [1.807, 2.05) is 6.92 Å². The van der Waals surface area contributed by atoms with Crippen molar-refractivity contribution in [3.05, 3.63) is 5.89 Å². The van der Waals surface area contributed by atoms with E-state index in [0.29, 0.717) is 30.6 Å². The third-order valence-corrected chi connectivity index (χ3v) is 2.84. The second-order valence-electron chi connectivity index (χ2n) is 3.65. The highest BCUT2D eigenvalue weighted by molar-refractivity contribution is 7.84. The molecule has 16 heavy (non-hydrogen) atoms. The first-order valence-corrected chi connectivity index (χ1v) is 6.93. The first kappa shape index (κ1) is 13.1. The van der Waals surface area contributed by atoms with Crippen LogP contribution < -0.4 is 11.1 Å². The van der Waals surface area contributed by atoms with Crippen molar-refractivity contribution in [2.75, 3.05) is 23.9 Å². The van der Waals surface area contributed by atoms with Gasteiger partial charge in [0.25, 0.3) is 0 Å². The van der Waals surface area contributed by atoms with Gasteiger partial charge in [-0.15, -0.1) is 5.10 Å². The zero-order chi connectivity index (χ0) is 12.0. The maximum Gasteiger partial charge on any atom is 0.315 e. The molecular weight excluding hydrogens is 228 g/mol. The zero-order valence-electron chi connectivity index (χ0n) is 9.60. The summed E-state index contributed by atoms with van der Waals surface area (Å²) < 4.78 is 16.2. The van der Waals surface area contributed by atoms with Crippen molar-refractivity contribution in [2.24, 2.45) is 5.73 Å². The minimum atomic E-state index is -0.765. The van der Waals surface area contributed by atoms with Gasteiger partial charge in [-0.1, -0.05) is 5.10 Å². The average Bonchev–Trinajstić information content (AvgIpc) is 2.63. The van der Waals surface area contributed by atoms with Gasteiger partial charge in [0.05, 0.1) is 0 Å². The largest absolute Gasteiger partial charge is 0.408 e. The standard InChI is InChI=1S/C9H18N4O2S/c1-7(4-6-16(2)14)11-9-13-12-8(15-9)3-5-10/h7H,3-6,10H2,1-2H3,(H,11,13). The van der Waals surface area contributed by atoms with Crippen LogP contribution in [-0.4, -0.2) is 39.0 Å². The molecule has 1 aromatic rings. The van der Waals surface area contributed by atoms with Crippen LogP contribution in [0.5, 0.6) is 0 Å². The van der Waals surface area contributed by atoms with Crippen molar-refractivity contribution in [1.82, 2.24) is 10.2 Å². The Labute approximate surface area is 97.5 Å². The Morgan fingerprint density at radius 1 is 1.56 bits per heavy atom. The molecule has 0 bridgehead atoms. The summed E-state index contributed by atoms with van der Waals surface area (Å²) in [6.45, 7) is 2.48. The van der Waals surface area contributed by atoms with E-state index in [4.69, 9.17) is 10.2 Å². The van der Waals surface area contributed by atoms with Gasteiger partial charge in [0.2, 0.25) is 5.89 Å². The number of rotatable bonds is 7. The molecule has 7 heteroatoms. The highest BCUT2D eigenvalue weighted by Crippen LogP contribution is 2.08. The molecular formula is C9H18N4O2S. The maximum atomic E-state index is 10.9. The molecule has 0 spiro atoms. The van der Waals surface area contributed by atoms with Gasteiger partial charge < -0.3 is 15.5 Å². The average molecular weight is 246 g/mol. The van der Waals surface area contributed by atoms with Gasteiger partial charge in [-0.05, 0) is 13.3 Å². The molecule has 3 N–H and O–H groups in total. The summed E-state index contributed by atoms with van der Waals surface area (Å²) in [6, 6.07) is 0.563. The molecule has 1 aromatic heterocycles. The predicted molar refractivity (Wildman–Crippen MR) is 63.7 cm³/mol. The molecule has 0 fully saturated rings. The van der Waals surface area contributed by atoms with Gasteiger partial charge in [-0.3, -0.25) is 4.21 Å². The fourth-order valence-corrected chi connectivity index (χ4v) is 1.85. The normalized spacial score (nSPS) is 14.7. The Bertz CT molecular complexity index is 342. The van der Waals surface area contributed by atoms with E-state index in [9.17, 15) is 4.21 Å². The Morgan fingerprint density at radius 3 is 2.94 bits per heavy atom. The fraction of sp³-hybridized carbons (Fsp3) is 0.778. The van der Waals surface area contributed by atoms with Crippen molar-refractivity contribution in [3.63, 3.8) is 0 Å². The van der Waals surface area contributed by atoms with Crippen molar-refractivity contribution >= 4 is 16.8 Å². The van der Waals surface area contributed by atoms with Crippen LogP contribution in [-0.2, 0) is 17.2 Å². The monoisotopic (exact) mass is 246 g/mol. The van der Waals surface area contributed by atoms with E-state index in [2.05, 4.69) is 15.5 Å². The van der Waals surface area contributed by atoms with Gasteiger partial charge in [-0.2, -0.15) is 0 Å². The van der Waals surface area contributed by atoms with Crippen LogP contribution in [0.1, 0.15) is 19.2 Å². The topological polar surface area (TPSA) is 94.0 Å². The molecule has 1 rings (SSSR count). The van der Waals surface area contributed by atoms with Crippen LogP contribution in [0.25, 0.3) is 0 Å². The lowest BCUT2D eigenvalue weighted by atomic mass is 10.3. The number of nitrogens with one attached hydrogen (secondary N) is 1. The highest BCUT2D eigenvalue weighted by atomic mass is 32.2. The number of aromatic nitrogens is 2. The summed E-state index contributed by atoms with van der Waals surface area (Å²) in [6.07, 6.45) is 3.08. The summed E-state index contributed by atoms with van der Waals surface area (Å²) in [5.74, 6) is 1.20. The van der Waals surface area contributed by atoms with E-state index < -0.39 is 10.8 Å². The summed E-state index contributed by atoms with van der Waals surface area (Å²) in [5.41, 5.74) is 5.37. The molecule has 92 valence electrons. The smallest absolute Gasteiger partial charge is 0.315 e. The van der Waals surface area contributed by atoms with Crippen molar-refractivity contribution in [3.8, 4) is 0 Å². The minimum Gasteiger partial charge on any atom is -0.408 e. The molecule has 2 unspecified atom stereocenters. The zero-order valence-corrected chi connectivity index (χ0v) is 10.4. The number of hydrogen-bond acceptors (Lipinski definition) is 6. The molecule has 1 heterocycles. The van der Waals surface area contributed by atoms with E-state index in [0.717, 1.165) is 6.42 Å². The van der Waals surface area contributed by atoms with Crippen molar-refractivity contribution in [1.29, 1.82) is 0 Å². The predicted octanol–water partition coefficient (Wildman–Crippen LogP) is 0.140. The molecule has 0 aromatic carbocycles. The Balaban J connectivity index is 2.37. The molecule has 6 nitrogen and oxygen atoms in total. The third-order valence-electron chi connectivity index (χ3n) is 2.03. The first-order valence-electron chi connectivity index (χ1n) is 5.21. The van der Waals surface area contributed by atoms with Gasteiger partial charge in [-0.25, -0.2) is 0 Å².